The molecule has 0 saturated carbocycles. The SMILES string of the molecule is CC(C)c1cccc(N)c1B(O)O. The van der Waals surface area contributed by atoms with Crippen LogP contribution in [-0.2, 0) is 0 Å². The van der Waals surface area contributed by atoms with Gasteiger partial charge >= 0.3 is 7.12 Å². The van der Waals surface area contributed by atoms with Gasteiger partial charge in [-0.1, -0.05) is 26.0 Å². The van der Waals surface area contributed by atoms with Crippen LogP contribution in [-0.4, -0.2) is 17.2 Å². The van der Waals surface area contributed by atoms with E-state index in [0.29, 0.717) is 11.2 Å². The van der Waals surface area contributed by atoms with E-state index in [0.717, 1.165) is 5.56 Å². The zero-order valence-corrected chi connectivity index (χ0v) is 7.86. The molecule has 0 saturated heterocycles. The topological polar surface area (TPSA) is 66.5 Å². The van der Waals surface area contributed by atoms with E-state index in [2.05, 4.69) is 0 Å². The Morgan fingerprint density at radius 2 is 1.92 bits per heavy atom. The minimum Gasteiger partial charge on any atom is -0.423 e. The van der Waals surface area contributed by atoms with E-state index in [9.17, 15) is 0 Å². The molecule has 0 aromatic heterocycles. The Kier molecular flexibility index (Phi) is 2.96. The molecule has 4 N–H and O–H groups in total. The zero-order valence-electron chi connectivity index (χ0n) is 7.86. The molecule has 0 unspecified atom stereocenters. The lowest BCUT2D eigenvalue weighted by Crippen LogP contribution is -2.35. The number of benzene rings is 1. The molecular formula is C9H14BNO2. The maximum atomic E-state index is 9.11. The third kappa shape index (κ3) is 2.02. The van der Waals surface area contributed by atoms with E-state index in [-0.39, 0.29) is 5.92 Å². The van der Waals surface area contributed by atoms with Gasteiger partial charge in [0, 0.05) is 11.2 Å². The van der Waals surface area contributed by atoms with Crippen LogP contribution in [0.3, 0.4) is 0 Å². The smallest absolute Gasteiger partial charge is 0.423 e. The summed E-state index contributed by atoms with van der Waals surface area (Å²) < 4.78 is 0. The van der Waals surface area contributed by atoms with Gasteiger partial charge in [-0.3, -0.25) is 0 Å². The molecular weight excluding hydrogens is 165 g/mol. The molecule has 1 rings (SSSR count). The molecule has 4 heteroatoms. The second-order valence-electron chi connectivity index (χ2n) is 3.38. The fraction of sp³-hybridized carbons (Fsp3) is 0.333. The Morgan fingerprint density at radius 1 is 1.31 bits per heavy atom. The van der Waals surface area contributed by atoms with Crippen LogP contribution in [0.25, 0.3) is 0 Å². The van der Waals surface area contributed by atoms with Crippen molar-refractivity contribution < 1.29 is 10.0 Å². The van der Waals surface area contributed by atoms with E-state index in [1.165, 1.54) is 0 Å². The summed E-state index contributed by atoms with van der Waals surface area (Å²) in [5.74, 6) is 0.236. The summed E-state index contributed by atoms with van der Waals surface area (Å²) in [6, 6.07) is 5.34. The normalized spacial score (nSPS) is 10.5. The van der Waals surface area contributed by atoms with Crippen LogP contribution in [0.1, 0.15) is 25.3 Å². The molecule has 3 nitrogen and oxygen atoms in total. The molecule has 1 aromatic carbocycles. The molecule has 0 radical (unpaired) electrons. The van der Waals surface area contributed by atoms with Crippen molar-refractivity contribution in [2.24, 2.45) is 0 Å². The van der Waals surface area contributed by atoms with Gasteiger partial charge in [0.1, 0.15) is 0 Å². The zero-order chi connectivity index (χ0) is 10.0. The van der Waals surface area contributed by atoms with Gasteiger partial charge in [0.15, 0.2) is 0 Å². The van der Waals surface area contributed by atoms with Crippen LogP contribution in [0, 0.1) is 0 Å². The maximum absolute atomic E-state index is 9.11. The van der Waals surface area contributed by atoms with E-state index in [1.54, 1.807) is 6.07 Å². The first-order chi connectivity index (χ1) is 6.04. The fourth-order valence-corrected chi connectivity index (χ4v) is 1.40. The highest BCUT2D eigenvalue weighted by molar-refractivity contribution is 6.61. The minimum absolute atomic E-state index is 0.236. The van der Waals surface area contributed by atoms with Crippen molar-refractivity contribution in [2.45, 2.75) is 19.8 Å². The first kappa shape index (κ1) is 10.1. The highest BCUT2D eigenvalue weighted by Crippen LogP contribution is 2.14. The number of anilines is 1. The van der Waals surface area contributed by atoms with Gasteiger partial charge in [0.05, 0.1) is 0 Å². The van der Waals surface area contributed by atoms with E-state index >= 15 is 0 Å². The Morgan fingerprint density at radius 3 is 2.31 bits per heavy atom. The summed E-state index contributed by atoms with van der Waals surface area (Å²) in [4.78, 5) is 0. The van der Waals surface area contributed by atoms with Crippen molar-refractivity contribution in [1.29, 1.82) is 0 Å². The van der Waals surface area contributed by atoms with Crippen molar-refractivity contribution in [3.63, 3.8) is 0 Å². The molecule has 0 fully saturated rings. The van der Waals surface area contributed by atoms with E-state index in [1.807, 2.05) is 26.0 Å². The monoisotopic (exact) mass is 179 g/mol. The van der Waals surface area contributed by atoms with Gasteiger partial charge in [0.2, 0.25) is 0 Å². The number of hydrogen-bond acceptors (Lipinski definition) is 3. The van der Waals surface area contributed by atoms with Crippen LogP contribution in [0.5, 0.6) is 0 Å². The predicted molar refractivity (Wildman–Crippen MR) is 54.8 cm³/mol. The second-order valence-corrected chi connectivity index (χ2v) is 3.38. The number of hydrogen-bond donors (Lipinski definition) is 3. The second kappa shape index (κ2) is 3.81. The summed E-state index contributed by atoms with van der Waals surface area (Å²) in [7, 11) is -1.49. The average Bonchev–Trinajstić information content (AvgIpc) is 2.02. The van der Waals surface area contributed by atoms with Crippen molar-refractivity contribution in [3.05, 3.63) is 23.8 Å². The fourth-order valence-electron chi connectivity index (χ4n) is 1.40. The van der Waals surface area contributed by atoms with Crippen molar-refractivity contribution in [1.82, 2.24) is 0 Å². The lowest BCUT2D eigenvalue weighted by molar-refractivity contribution is 0.425. The molecule has 0 atom stereocenters. The van der Waals surface area contributed by atoms with Crippen LogP contribution in [0.2, 0.25) is 0 Å². The van der Waals surface area contributed by atoms with Crippen LogP contribution in [0.4, 0.5) is 5.69 Å². The van der Waals surface area contributed by atoms with Crippen molar-refractivity contribution >= 4 is 18.3 Å². The molecule has 0 amide bonds. The van der Waals surface area contributed by atoms with Crippen LogP contribution in [0.15, 0.2) is 18.2 Å². The lowest BCUT2D eigenvalue weighted by atomic mass is 9.73. The Balaban J connectivity index is 3.26. The minimum atomic E-state index is -1.49. The number of rotatable bonds is 2. The summed E-state index contributed by atoms with van der Waals surface area (Å²) in [5.41, 5.74) is 7.38. The predicted octanol–water partition coefficient (Wildman–Crippen LogP) is 0.0720. The average molecular weight is 179 g/mol. The van der Waals surface area contributed by atoms with Gasteiger partial charge in [-0.2, -0.15) is 0 Å². The van der Waals surface area contributed by atoms with Gasteiger partial charge in [-0.15, -0.1) is 0 Å². The van der Waals surface area contributed by atoms with Crippen LogP contribution < -0.4 is 11.2 Å². The molecule has 13 heavy (non-hydrogen) atoms. The Hall–Kier alpha value is -0.995. The Labute approximate surface area is 78.3 Å². The third-order valence-electron chi connectivity index (χ3n) is 2.05. The molecule has 70 valence electrons. The van der Waals surface area contributed by atoms with Gasteiger partial charge in [0.25, 0.3) is 0 Å². The van der Waals surface area contributed by atoms with Crippen molar-refractivity contribution in [3.8, 4) is 0 Å². The highest BCUT2D eigenvalue weighted by Gasteiger charge is 2.20. The molecule has 1 aromatic rings. The first-order valence-electron chi connectivity index (χ1n) is 4.28. The summed E-state index contributed by atoms with van der Waals surface area (Å²) in [6.07, 6.45) is 0. The molecule has 0 heterocycles. The molecule has 0 spiro atoms. The van der Waals surface area contributed by atoms with Crippen molar-refractivity contribution in [2.75, 3.05) is 5.73 Å². The first-order valence-corrected chi connectivity index (χ1v) is 4.28. The molecule has 0 bridgehead atoms. The van der Waals surface area contributed by atoms with Gasteiger partial charge in [-0.05, 0) is 17.5 Å². The quantitative estimate of drug-likeness (QED) is 0.444. The third-order valence-corrected chi connectivity index (χ3v) is 2.05. The summed E-state index contributed by atoms with van der Waals surface area (Å²) >= 11 is 0. The standard InChI is InChI=1S/C9H14BNO2/c1-6(2)7-4-3-5-8(11)9(7)10(12)13/h3-6,12-13H,11H2,1-2H3. The van der Waals surface area contributed by atoms with E-state index in [4.69, 9.17) is 15.8 Å². The molecule has 0 aliphatic heterocycles. The van der Waals surface area contributed by atoms with Gasteiger partial charge in [-0.25, -0.2) is 0 Å². The maximum Gasteiger partial charge on any atom is 0.490 e. The largest absolute Gasteiger partial charge is 0.490 e. The Bertz CT molecular complexity index is 300. The van der Waals surface area contributed by atoms with E-state index < -0.39 is 7.12 Å². The number of nitrogen functional groups attached to an aromatic ring is 1. The number of nitrogens with two attached hydrogens (primary N) is 1. The van der Waals surface area contributed by atoms with Gasteiger partial charge < -0.3 is 15.8 Å². The molecule has 0 aliphatic rings. The molecule has 0 aliphatic carbocycles. The highest BCUT2D eigenvalue weighted by atomic mass is 16.4. The summed E-state index contributed by atoms with van der Waals surface area (Å²) in [5, 5.41) is 18.2. The van der Waals surface area contributed by atoms with Crippen LogP contribution >= 0.6 is 0 Å². The summed E-state index contributed by atoms with van der Waals surface area (Å²) in [6.45, 7) is 3.97. The lowest BCUT2D eigenvalue weighted by Gasteiger charge is -2.13.